The Bertz CT molecular complexity index is 969. The lowest BCUT2D eigenvalue weighted by atomic mass is 10.1. The maximum atomic E-state index is 12.4. The smallest absolute Gasteiger partial charge is 0.256 e. The van der Waals surface area contributed by atoms with E-state index in [1.807, 2.05) is 18.2 Å². The summed E-state index contributed by atoms with van der Waals surface area (Å²) in [6, 6.07) is 12.4. The molecule has 0 bridgehead atoms. The molecule has 0 saturated heterocycles. The number of halogens is 1. The lowest BCUT2D eigenvalue weighted by molar-refractivity contribution is 0.0948. The molecule has 0 spiro atoms. The van der Waals surface area contributed by atoms with Gasteiger partial charge in [0.25, 0.3) is 5.91 Å². The van der Waals surface area contributed by atoms with Crippen LogP contribution >= 0.6 is 11.6 Å². The van der Waals surface area contributed by atoms with Crippen LogP contribution in [-0.4, -0.2) is 27.7 Å². The first kappa shape index (κ1) is 17.9. The molecule has 3 aromatic rings. The predicted molar refractivity (Wildman–Crippen MR) is 102 cm³/mol. The molecule has 0 unspecified atom stereocenters. The fourth-order valence-electron chi connectivity index (χ4n) is 2.53. The fraction of sp³-hybridized carbons (Fsp3) is 0.100. The van der Waals surface area contributed by atoms with E-state index in [9.17, 15) is 9.90 Å². The van der Waals surface area contributed by atoms with Crippen molar-refractivity contribution in [2.24, 2.45) is 0 Å². The Kier molecular flexibility index (Phi) is 5.51. The maximum Gasteiger partial charge on any atom is 0.256 e. The second-order valence-corrected chi connectivity index (χ2v) is 6.13. The highest BCUT2D eigenvalue weighted by Crippen LogP contribution is 2.28. The number of nitrogens with one attached hydrogen (secondary N) is 1. The standard InChI is InChI=1S/C20H17ClN2O3/c21-15-6-3-14(4-7-15)11-23-20(26)17-12-22-18-8-5-13(2-1-9-24)10-16(18)19(17)25/h1-8,10,12,24H,9,11H2,(H,22,25)(H,23,26)/b2-1-. The van der Waals surface area contributed by atoms with Gasteiger partial charge in [-0.1, -0.05) is 42.0 Å². The summed E-state index contributed by atoms with van der Waals surface area (Å²) in [6.07, 6.45) is 4.68. The molecule has 0 atom stereocenters. The van der Waals surface area contributed by atoms with Crippen LogP contribution in [0.2, 0.25) is 5.02 Å². The normalized spacial score (nSPS) is 11.2. The summed E-state index contributed by atoms with van der Waals surface area (Å²) >= 11 is 5.84. The molecule has 3 rings (SSSR count). The third-order valence-electron chi connectivity index (χ3n) is 3.89. The number of hydrogen-bond donors (Lipinski definition) is 3. The van der Waals surface area contributed by atoms with Crippen molar-refractivity contribution in [1.29, 1.82) is 0 Å². The fourth-order valence-corrected chi connectivity index (χ4v) is 2.66. The lowest BCUT2D eigenvalue weighted by Crippen LogP contribution is -2.23. The third kappa shape index (κ3) is 4.02. The van der Waals surface area contributed by atoms with Crippen LogP contribution in [0, 0.1) is 0 Å². The number of aliphatic hydroxyl groups excluding tert-OH is 1. The quantitative estimate of drug-likeness (QED) is 0.643. The van der Waals surface area contributed by atoms with Crippen molar-refractivity contribution in [3.05, 3.63) is 76.5 Å². The summed E-state index contributed by atoms with van der Waals surface area (Å²) in [5.41, 5.74) is 2.38. The van der Waals surface area contributed by atoms with Gasteiger partial charge < -0.3 is 15.5 Å². The van der Waals surface area contributed by atoms with Crippen LogP contribution in [0.5, 0.6) is 5.75 Å². The highest BCUT2D eigenvalue weighted by Gasteiger charge is 2.15. The van der Waals surface area contributed by atoms with Crippen LogP contribution < -0.4 is 5.32 Å². The monoisotopic (exact) mass is 368 g/mol. The van der Waals surface area contributed by atoms with E-state index in [4.69, 9.17) is 16.7 Å². The number of pyridine rings is 1. The average Bonchev–Trinajstić information content (AvgIpc) is 2.66. The van der Waals surface area contributed by atoms with E-state index >= 15 is 0 Å². The van der Waals surface area contributed by atoms with Crippen molar-refractivity contribution in [2.75, 3.05) is 6.61 Å². The van der Waals surface area contributed by atoms with Gasteiger partial charge in [0.15, 0.2) is 0 Å². The number of amides is 1. The van der Waals surface area contributed by atoms with Crippen LogP contribution in [0.4, 0.5) is 0 Å². The van der Waals surface area contributed by atoms with Crippen molar-refractivity contribution in [1.82, 2.24) is 10.3 Å². The molecule has 0 aliphatic carbocycles. The van der Waals surface area contributed by atoms with Crippen LogP contribution in [0.15, 0.2) is 54.7 Å². The van der Waals surface area contributed by atoms with Crippen molar-refractivity contribution >= 4 is 34.5 Å². The minimum Gasteiger partial charge on any atom is -0.506 e. The molecule has 0 saturated carbocycles. The van der Waals surface area contributed by atoms with Gasteiger partial charge in [0.05, 0.1) is 12.1 Å². The summed E-state index contributed by atoms with van der Waals surface area (Å²) in [5.74, 6) is -0.536. The summed E-state index contributed by atoms with van der Waals surface area (Å²) in [5, 5.41) is 23.2. The van der Waals surface area contributed by atoms with Gasteiger partial charge in [-0.2, -0.15) is 0 Å². The average molecular weight is 369 g/mol. The van der Waals surface area contributed by atoms with Gasteiger partial charge in [0.1, 0.15) is 11.3 Å². The van der Waals surface area contributed by atoms with Crippen molar-refractivity contribution < 1.29 is 15.0 Å². The number of rotatable bonds is 5. The van der Waals surface area contributed by atoms with Gasteiger partial charge in [-0.15, -0.1) is 0 Å². The van der Waals surface area contributed by atoms with Crippen LogP contribution in [-0.2, 0) is 6.54 Å². The zero-order valence-corrected chi connectivity index (χ0v) is 14.6. The molecule has 3 N–H and O–H groups in total. The van der Waals surface area contributed by atoms with Gasteiger partial charge in [-0.25, -0.2) is 0 Å². The molecule has 0 fully saturated rings. The van der Waals surface area contributed by atoms with Gasteiger partial charge in [0, 0.05) is 23.2 Å². The number of carbonyl (C=O) groups is 1. The van der Waals surface area contributed by atoms with Crippen molar-refractivity contribution in [3.8, 4) is 5.75 Å². The van der Waals surface area contributed by atoms with Crippen LogP contribution in [0.1, 0.15) is 21.5 Å². The summed E-state index contributed by atoms with van der Waals surface area (Å²) in [4.78, 5) is 16.7. The zero-order valence-electron chi connectivity index (χ0n) is 13.8. The zero-order chi connectivity index (χ0) is 18.5. The number of aromatic nitrogens is 1. The number of benzene rings is 2. The topological polar surface area (TPSA) is 82.5 Å². The van der Waals surface area contributed by atoms with Gasteiger partial charge in [-0.05, 0) is 35.4 Å². The van der Waals surface area contributed by atoms with Crippen LogP contribution in [0.3, 0.4) is 0 Å². The number of aromatic hydroxyl groups is 1. The van der Waals surface area contributed by atoms with E-state index < -0.39 is 5.91 Å². The predicted octanol–water partition coefficient (Wildman–Crippen LogP) is 3.53. The van der Waals surface area contributed by atoms with E-state index in [1.54, 1.807) is 36.4 Å². The molecule has 0 radical (unpaired) electrons. The van der Waals surface area contributed by atoms with E-state index in [1.165, 1.54) is 6.20 Å². The molecule has 132 valence electrons. The minimum absolute atomic E-state index is 0.0740. The van der Waals surface area contributed by atoms with Gasteiger partial charge in [-0.3, -0.25) is 9.78 Å². The molecule has 2 aromatic carbocycles. The minimum atomic E-state index is -0.414. The summed E-state index contributed by atoms with van der Waals surface area (Å²) < 4.78 is 0. The number of hydrogen-bond acceptors (Lipinski definition) is 4. The molecule has 0 aliphatic rings. The lowest BCUT2D eigenvalue weighted by Gasteiger charge is -2.09. The summed E-state index contributed by atoms with van der Waals surface area (Å²) in [6.45, 7) is 0.238. The largest absolute Gasteiger partial charge is 0.506 e. The second kappa shape index (κ2) is 7.99. The molecule has 0 aliphatic heterocycles. The molecule has 1 amide bonds. The van der Waals surface area contributed by atoms with Crippen molar-refractivity contribution in [2.45, 2.75) is 6.54 Å². The molecule has 26 heavy (non-hydrogen) atoms. The van der Waals surface area contributed by atoms with Gasteiger partial charge >= 0.3 is 0 Å². The first-order valence-corrected chi connectivity index (χ1v) is 8.38. The molecule has 1 aromatic heterocycles. The summed E-state index contributed by atoms with van der Waals surface area (Å²) in [7, 11) is 0. The number of carbonyl (C=O) groups excluding carboxylic acids is 1. The Balaban J connectivity index is 1.84. The molecule has 5 nitrogen and oxygen atoms in total. The Morgan fingerprint density at radius 2 is 1.96 bits per heavy atom. The second-order valence-electron chi connectivity index (χ2n) is 5.69. The van der Waals surface area contributed by atoms with Crippen molar-refractivity contribution in [3.63, 3.8) is 0 Å². The molecular formula is C20H17ClN2O3. The van der Waals surface area contributed by atoms with Gasteiger partial charge in [0.2, 0.25) is 0 Å². The van der Waals surface area contributed by atoms with Crippen LogP contribution in [0.25, 0.3) is 17.0 Å². The molecular weight excluding hydrogens is 352 g/mol. The van der Waals surface area contributed by atoms with E-state index in [-0.39, 0.29) is 17.9 Å². The highest BCUT2D eigenvalue weighted by atomic mass is 35.5. The first-order valence-electron chi connectivity index (χ1n) is 8.00. The Morgan fingerprint density at radius 1 is 1.19 bits per heavy atom. The SMILES string of the molecule is O=C(NCc1ccc(Cl)cc1)c1cnc2ccc(/C=C\CO)cc2c1O. The third-order valence-corrected chi connectivity index (χ3v) is 4.14. The number of nitrogens with zero attached hydrogens (tertiary/aromatic N) is 1. The Hall–Kier alpha value is -2.89. The Morgan fingerprint density at radius 3 is 2.69 bits per heavy atom. The maximum absolute atomic E-state index is 12.4. The van der Waals surface area contributed by atoms with E-state index in [0.717, 1.165) is 11.1 Å². The highest BCUT2D eigenvalue weighted by molar-refractivity contribution is 6.30. The Labute approximate surface area is 155 Å². The van der Waals surface area contributed by atoms with E-state index in [0.29, 0.717) is 22.5 Å². The molecule has 6 heteroatoms. The van der Waals surface area contributed by atoms with E-state index in [2.05, 4.69) is 10.3 Å². The number of fused-ring (bicyclic) bond motifs is 1. The first-order chi connectivity index (χ1) is 12.6. The molecule has 1 heterocycles. The number of aliphatic hydroxyl groups is 1.